The van der Waals surface area contributed by atoms with Gasteiger partial charge in [-0.2, -0.15) is 0 Å². The van der Waals surface area contributed by atoms with Gasteiger partial charge in [0.05, 0.1) is 0 Å². The van der Waals surface area contributed by atoms with Crippen LogP contribution < -0.4 is 5.32 Å². The maximum absolute atomic E-state index is 11.8. The Labute approximate surface area is 136 Å². The molecule has 5 heteroatoms. The second kappa shape index (κ2) is 9.34. The van der Waals surface area contributed by atoms with Crippen LogP contribution >= 0.6 is 23.4 Å². The maximum Gasteiger partial charge on any atom is 0.220 e. The normalized spacial score (nSPS) is 11.4. The van der Waals surface area contributed by atoms with Crippen molar-refractivity contribution in [2.24, 2.45) is 5.41 Å². The number of amides is 1. The van der Waals surface area contributed by atoms with E-state index in [1.807, 2.05) is 24.3 Å². The van der Waals surface area contributed by atoms with Crippen LogP contribution in [0.4, 0.5) is 0 Å². The number of halogens is 1. The van der Waals surface area contributed by atoms with Crippen molar-refractivity contribution in [3.05, 3.63) is 29.3 Å². The Morgan fingerprint density at radius 3 is 2.62 bits per heavy atom. The summed E-state index contributed by atoms with van der Waals surface area (Å²) in [6.45, 7) is 5.06. The first-order valence-electron chi connectivity index (χ1n) is 7.19. The lowest BCUT2D eigenvalue weighted by Gasteiger charge is -2.24. The Balaban J connectivity index is 2.20. The Morgan fingerprint density at radius 1 is 1.33 bits per heavy atom. The van der Waals surface area contributed by atoms with E-state index in [1.54, 1.807) is 11.8 Å². The number of hydrogen-bond acceptors (Lipinski definition) is 3. The third-order valence-electron chi connectivity index (χ3n) is 3.19. The number of hydrogen-bond donors (Lipinski definition) is 2. The number of nitrogens with one attached hydrogen (secondary N) is 1. The lowest BCUT2D eigenvalue weighted by atomic mass is 9.88. The van der Waals surface area contributed by atoms with Crippen LogP contribution in [0.1, 0.15) is 33.1 Å². The first-order valence-corrected chi connectivity index (χ1v) is 8.55. The van der Waals surface area contributed by atoms with Gasteiger partial charge in [0.15, 0.2) is 0 Å². The van der Waals surface area contributed by atoms with Crippen LogP contribution in [0, 0.1) is 5.41 Å². The average molecular weight is 330 g/mol. The minimum absolute atomic E-state index is 0.0295. The highest BCUT2D eigenvalue weighted by molar-refractivity contribution is 7.99. The van der Waals surface area contributed by atoms with Gasteiger partial charge in [-0.1, -0.05) is 25.4 Å². The van der Waals surface area contributed by atoms with Gasteiger partial charge in [0.1, 0.15) is 0 Å². The summed E-state index contributed by atoms with van der Waals surface area (Å²) in [5.74, 6) is 0.832. The van der Waals surface area contributed by atoms with Gasteiger partial charge in [-0.15, -0.1) is 11.8 Å². The SMILES string of the molecule is CC(C)(CCCO)CNC(=O)CCSc1ccc(Cl)cc1. The van der Waals surface area contributed by atoms with Crippen LogP contribution in [0.15, 0.2) is 29.2 Å². The van der Waals surface area contributed by atoms with Crippen LogP contribution in [0.25, 0.3) is 0 Å². The standard InChI is InChI=1S/C16H24ClNO2S/c1-16(2,9-3-10-19)12-18-15(20)8-11-21-14-6-4-13(17)5-7-14/h4-7,19H,3,8-12H2,1-2H3,(H,18,20). The molecule has 0 heterocycles. The van der Waals surface area contributed by atoms with Crippen LogP contribution in [0.2, 0.25) is 5.02 Å². The molecule has 2 N–H and O–H groups in total. The number of carbonyl (C=O) groups excluding carboxylic acids is 1. The summed E-state index contributed by atoms with van der Waals surface area (Å²) < 4.78 is 0. The summed E-state index contributed by atoms with van der Waals surface area (Å²) >= 11 is 7.48. The molecule has 0 aliphatic heterocycles. The molecule has 0 saturated heterocycles. The van der Waals surface area contributed by atoms with Crippen molar-refractivity contribution < 1.29 is 9.90 Å². The van der Waals surface area contributed by atoms with Crippen LogP contribution in [-0.2, 0) is 4.79 Å². The summed E-state index contributed by atoms with van der Waals surface area (Å²) in [5.41, 5.74) is 0.0295. The molecule has 0 aliphatic carbocycles. The summed E-state index contributed by atoms with van der Waals surface area (Å²) in [6, 6.07) is 7.63. The second-order valence-corrected chi connectivity index (χ2v) is 7.43. The third kappa shape index (κ3) is 8.34. The molecule has 0 bridgehead atoms. The van der Waals surface area contributed by atoms with Gasteiger partial charge in [-0.05, 0) is 42.5 Å². The number of thioether (sulfide) groups is 1. The summed E-state index contributed by atoms with van der Waals surface area (Å²) in [7, 11) is 0. The van der Waals surface area contributed by atoms with E-state index >= 15 is 0 Å². The number of benzene rings is 1. The van der Waals surface area contributed by atoms with Crippen molar-refractivity contribution in [2.45, 2.75) is 38.0 Å². The highest BCUT2D eigenvalue weighted by Crippen LogP contribution is 2.22. The second-order valence-electron chi connectivity index (χ2n) is 5.82. The van der Waals surface area contributed by atoms with E-state index < -0.39 is 0 Å². The molecule has 21 heavy (non-hydrogen) atoms. The molecule has 0 radical (unpaired) electrons. The molecule has 3 nitrogen and oxygen atoms in total. The molecular weight excluding hydrogens is 306 g/mol. The first-order chi connectivity index (χ1) is 9.93. The van der Waals surface area contributed by atoms with Gasteiger partial charge >= 0.3 is 0 Å². The van der Waals surface area contributed by atoms with Gasteiger partial charge in [0.2, 0.25) is 5.91 Å². The molecule has 0 fully saturated rings. The smallest absolute Gasteiger partial charge is 0.220 e. The van der Waals surface area contributed by atoms with Crippen molar-refractivity contribution in [3.63, 3.8) is 0 Å². The van der Waals surface area contributed by atoms with E-state index in [0.29, 0.717) is 13.0 Å². The zero-order valence-electron chi connectivity index (χ0n) is 12.7. The van der Waals surface area contributed by atoms with Gasteiger partial charge in [0, 0.05) is 35.2 Å². The highest BCUT2D eigenvalue weighted by atomic mass is 35.5. The fourth-order valence-electron chi connectivity index (χ4n) is 1.86. The van der Waals surface area contributed by atoms with Crippen molar-refractivity contribution in [3.8, 4) is 0 Å². The van der Waals surface area contributed by atoms with Crippen molar-refractivity contribution in [1.82, 2.24) is 5.32 Å². The fourth-order valence-corrected chi connectivity index (χ4v) is 2.84. The lowest BCUT2D eigenvalue weighted by Crippen LogP contribution is -2.34. The molecule has 0 atom stereocenters. The van der Waals surface area contributed by atoms with Crippen molar-refractivity contribution >= 4 is 29.3 Å². The zero-order chi connectivity index (χ0) is 15.7. The van der Waals surface area contributed by atoms with Gasteiger partial charge < -0.3 is 10.4 Å². The Bertz CT molecular complexity index is 434. The topological polar surface area (TPSA) is 49.3 Å². The minimum atomic E-state index is 0.0295. The predicted octanol–water partition coefficient (Wildman–Crippen LogP) is 3.74. The van der Waals surface area contributed by atoms with Crippen LogP contribution in [0.3, 0.4) is 0 Å². The zero-order valence-corrected chi connectivity index (χ0v) is 14.3. The lowest BCUT2D eigenvalue weighted by molar-refractivity contribution is -0.121. The first kappa shape index (κ1) is 18.3. The minimum Gasteiger partial charge on any atom is -0.396 e. The molecule has 118 valence electrons. The molecule has 1 amide bonds. The molecule has 0 saturated carbocycles. The average Bonchev–Trinajstić information content (AvgIpc) is 2.45. The molecule has 0 aliphatic rings. The van der Waals surface area contributed by atoms with Gasteiger partial charge in [-0.3, -0.25) is 4.79 Å². The van der Waals surface area contributed by atoms with E-state index in [-0.39, 0.29) is 17.9 Å². The molecule has 1 aromatic carbocycles. The van der Waals surface area contributed by atoms with E-state index in [4.69, 9.17) is 16.7 Å². The van der Waals surface area contributed by atoms with Crippen LogP contribution in [-0.4, -0.2) is 29.9 Å². The molecule has 0 spiro atoms. The Morgan fingerprint density at radius 2 is 2.00 bits per heavy atom. The van der Waals surface area contributed by atoms with E-state index in [2.05, 4.69) is 19.2 Å². The molecule has 0 unspecified atom stereocenters. The van der Waals surface area contributed by atoms with Crippen molar-refractivity contribution in [1.29, 1.82) is 0 Å². The number of aliphatic hydroxyl groups excluding tert-OH is 1. The van der Waals surface area contributed by atoms with Gasteiger partial charge in [0.25, 0.3) is 0 Å². The predicted molar refractivity (Wildman–Crippen MR) is 89.9 cm³/mol. The van der Waals surface area contributed by atoms with Gasteiger partial charge in [-0.25, -0.2) is 0 Å². The molecule has 1 rings (SSSR count). The van der Waals surface area contributed by atoms with E-state index in [9.17, 15) is 4.79 Å². The highest BCUT2D eigenvalue weighted by Gasteiger charge is 2.18. The van der Waals surface area contributed by atoms with E-state index in [0.717, 1.165) is 28.5 Å². The monoisotopic (exact) mass is 329 g/mol. The van der Waals surface area contributed by atoms with Crippen molar-refractivity contribution in [2.75, 3.05) is 18.9 Å². The number of aliphatic hydroxyl groups is 1. The summed E-state index contributed by atoms with van der Waals surface area (Å²) in [4.78, 5) is 12.9. The maximum atomic E-state index is 11.8. The number of rotatable bonds is 9. The largest absolute Gasteiger partial charge is 0.396 e. The van der Waals surface area contributed by atoms with Crippen LogP contribution in [0.5, 0.6) is 0 Å². The molecular formula is C16H24ClNO2S. The molecule has 0 aromatic heterocycles. The Kier molecular flexibility index (Phi) is 8.15. The fraction of sp³-hybridized carbons (Fsp3) is 0.562. The van der Waals surface area contributed by atoms with E-state index in [1.165, 1.54) is 0 Å². The summed E-state index contributed by atoms with van der Waals surface area (Å²) in [6.07, 6.45) is 2.18. The summed E-state index contributed by atoms with van der Waals surface area (Å²) in [5, 5.41) is 12.5. The quantitative estimate of drug-likeness (QED) is 0.678. The number of carbonyl (C=O) groups is 1. The third-order valence-corrected chi connectivity index (χ3v) is 4.45. The Hall–Kier alpha value is -0.710. The molecule has 1 aromatic rings.